The topological polar surface area (TPSA) is 99.8 Å². The van der Waals surface area contributed by atoms with Crippen LogP contribution in [0.1, 0.15) is 36.1 Å². The third-order valence-electron chi connectivity index (χ3n) is 4.46. The quantitative estimate of drug-likeness (QED) is 0.508. The maximum atomic E-state index is 12.5. The van der Waals surface area contributed by atoms with Crippen molar-refractivity contribution in [2.24, 2.45) is 0 Å². The van der Waals surface area contributed by atoms with E-state index in [1.807, 2.05) is 48.9 Å². The summed E-state index contributed by atoms with van der Waals surface area (Å²) in [5.74, 6) is 1.08. The molecule has 0 spiro atoms. The number of nitrogens with zero attached hydrogens (tertiary/aromatic N) is 6. The highest BCUT2D eigenvalue weighted by Crippen LogP contribution is 2.17. The third-order valence-corrected chi connectivity index (χ3v) is 4.46. The maximum Gasteiger partial charge on any atom is 0.255 e. The van der Waals surface area contributed by atoms with E-state index in [4.69, 9.17) is 4.74 Å². The van der Waals surface area contributed by atoms with Crippen molar-refractivity contribution in [3.05, 3.63) is 78.6 Å². The summed E-state index contributed by atoms with van der Waals surface area (Å²) in [6, 6.07) is 14.6. The molecule has 2 aromatic heterocycles. The Morgan fingerprint density at radius 2 is 1.87 bits per heavy atom. The summed E-state index contributed by atoms with van der Waals surface area (Å²) < 4.78 is 9.34. The van der Waals surface area contributed by atoms with Gasteiger partial charge in [-0.15, -0.1) is 5.10 Å². The van der Waals surface area contributed by atoms with E-state index >= 15 is 0 Å². The van der Waals surface area contributed by atoms with Gasteiger partial charge < -0.3 is 14.6 Å². The van der Waals surface area contributed by atoms with Crippen LogP contribution in [0.25, 0.3) is 5.69 Å². The molecule has 30 heavy (non-hydrogen) atoms. The molecule has 4 rings (SSSR count). The first-order chi connectivity index (χ1) is 14.6. The molecule has 4 aromatic rings. The molecule has 0 fully saturated rings. The Labute approximate surface area is 173 Å². The number of rotatable bonds is 7. The van der Waals surface area contributed by atoms with E-state index in [9.17, 15) is 4.79 Å². The van der Waals surface area contributed by atoms with E-state index in [0.29, 0.717) is 22.8 Å². The van der Waals surface area contributed by atoms with Gasteiger partial charge >= 0.3 is 0 Å². The number of hydrogen-bond acceptors (Lipinski definition) is 6. The molecular formula is C21H21N7O2. The van der Waals surface area contributed by atoms with Crippen molar-refractivity contribution in [2.45, 2.75) is 26.5 Å². The third kappa shape index (κ3) is 4.35. The normalized spacial score (nSPS) is 10.9. The first-order valence-corrected chi connectivity index (χ1v) is 9.49. The molecule has 2 aromatic carbocycles. The van der Waals surface area contributed by atoms with Crippen LogP contribution in [0.3, 0.4) is 0 Å². The number of carbonyl (C=O) groups is 1. The lowest BCUT2D eigenvalue weighted by Gasteiger charge is -2.10. The van der Waals surface area contributed by atoms with E-state index in [1.165, 1.54) is 0 Å². The summed E-state index contributed by atoms with van der Waals surface area (Å²) in [4.78, 5) is 16.5. The van der Waals surface area contributed by atoms with E-state index < -0.39 is 0 Å². The minimum Gasteiger partial charge on any atom is -0.486 e. The summed E-state index contributed by atoms with van der Waals surface area (Å²) in [6.07, 6.45) is 5.30. The summed E-state index contributed by atoms with van der Waals surface area (Å²) in [6.45, 7) is 4.25. The second-order valence-corrected chi connectivity index (χ2v) is 6.92. The fourth-order valence-corrected chi connectivity index (χ4v) is 2.89. The Hall–Kier alpha value is -4.01. The van der Waals surface area contributed by atoms with Gasteiger partial charge in [-0.25, -0.2) is 9.67 Å². The molecule has 0 atom stereocenters. The van der Waals surface area contributed by atoms with Crippen LogP contribution in [-0.4, -0.2) is 35.7 Å². The molecule has 9 heteroatoms. The highest BCUT2D eigenvalue weighted by atomic mass is 16.5. The van der Waals surface area contributed by atoms with Crippen molar-refractivity contribution in [3.63, 3.8) is 0 Å². The Balaban J connectivity index is 1.35. The molecule has 152 valence electrons. The van der Waals surface area contributed by atoms with Crippen LogP contribution < -0.4 is 10.1 Å². The minimum absolute atomic E-state index is 0.152. The highest BCUT2D eigenvalue weighted by Gasteiger charge is 2.11. The van der Waals surface area contributed by atoms with Crippen molar-refractivity contribution in [1.29, 1.82) is 0 Å². The second-order valence-electron chi connectivity index (χ2n) is 6.92. The number of carbonyl (C=O) groups excluding carboxylic acids is 1. The van der Waals surface area contributed by atoms with Crippen molar-refractivity contribution in [2.75, 3.05) is 5.32 Å². The molecule has 0 unspecified atom stereocenters. The molecule has 0 aliphatic rings. The number of amides is 1. The molecule has 0 bridgehead atoms. The van der Waals surface area contributed by atoms with E-state index in [1.54, 1.807) is 41.5 Å². The van der Waals surface area contributed by atoms with E-state index in [-0.39, 0.29) is 18.6 Å². The summed E-state index contributed by atoms with van der Waals surface area (Å²) in [5, 5.41) is 14.5. The minimum atomic E-state index is -0.194. The number of aromatic nitrogens is 6. The van der Waals surface area contributed by atoms with Crippen LogP contribution in [0, 0.1) is 0 Å². The fraction of sp³-hybridized carbons (Fsp3) is 0.190. The van der Waals surface area contributed by atoms with E-state index in [2.05, 4.69) is 25.8 Å². The SMILES string of the molecule is CC(C)n1nnnc1COc1ccc(C(=O)Nc2ccc(-n3ccnc3)cc2)cc1. The lowest BCUT2D eigenvalue weighted by molar-refractivity contribution is 0.102. The Kier molecular flexibility index (Phi) is 5.51. The van der Waals surface area contributed by atoms with Crippen LogP contribution >= 0.6 is 0 Å². The number of anilines is 1. The van der Waals surface area contributed by atoms with Gasteiger partial charge in [0.25, 0.3) is 5.91 Å². The molecule has 0 aliphatic heterocycles. The van der Waals surface area contributed by atoms with Gasteiger partial charge in [0.1, 0.15) is 12.4 Å². The Bertz CT molecular complexity index is 1100. The highest BCUT2D eigenvalue weighted by molar-refractivity contribution is 6.04. The van der Waals surface area contributed by atoms with Crippen LogP contribution in [0.2, 0.25) is 0 Å². The van der Waals surface area contributed by atoms with Gasteiger partial charge in [-0.3, -0.25) is 4.79 Å². The van der Waals surface area contributed by atoms with Gasteiger partial charge in [-0.05, 0) is 72.8 Å². The van der Waals surface area contributed by atoms with Crippen LogP contribution in [0.4, 0.5) is 5.69 Å². The Morgan fingerprint density at radius 3 is 2.53 bits per heavy atom. The van der Waals surface area contributed by atoms with Crippen LogP contribution in [0.5, 0.6) is 5.75 Å². The zero-order chi connectivity index (χ0) is 20.9. The second kappa shape index (κ2) is 8.56. The number of benzene rings is 2. The molecule has 0 saturated carbocycles. The predicted molar refractivity (Wildman–Crippen MR) is 110 cm³/mol. The van der Waals surface area contributed by atoms with Gasteiger partial charge in [-0.2, -0.15) is 0 Å². The smallest absolute Gasteiger partial charge is 0.255 e. The van der Waals surface area contributed by atoms with Crippen molar-refractivity contribution >= 4 is 11.6 Å². The number of tetrazole rings is 1. The average molecular weight is 403 g/mol. The summed E-state index contributed by atoms with van der Waals surface area (Å²) >= 11 is 0. The number of ether oxygens (including phenoxy) is 1. The molecule has 2 heterocycles. The van der Waals surface area contributed by atoms with Gasteiger partial charge in [0.05, 0.1) is 12.4 Å². The van der Waals surface area contributed by atoms with Gasteiger partial charge in [0, 0.05) is 29.3 Å². The summed E-state index contributed by atoms with van der Waals surface area (Å²) in [5.41, 5.74) is 2.22. The maximum absolute atomic E-state index is 12.5. The first-order valence-electron chi connectivity index (χ1n) is 9.49. The monoisotopic (exact) mass is 403 g/mol. The predicted octanol–water partition coefficient (Wildman–Crippen LogP) is 3.27. The molecular weight excluding hydrogens is 382 g/mol. The number of imidazole rings is 1. The molecule has 0 radical (unpaired) electrons. The first kappa shape index (κ1) is 19.3. The number of hydrogen-bond donors (Lipinski definition) is 1. The molecule has 1 amide bonds. The number of nitrogens with one attached hydrogen (secondary N) is 1. The Morgan fingerprint density at radius 1 is 1.10 bits per heavy atom. The van der Waals surface area contributed by atoms with E-state index in [0.717, 1.165) is 5.69 Å². The van der Waals surface area contributed by atoms with Gasteiger partial charge in [-0.1, -0.05) is 0 Å². The summed E-state index contributed by atoms with van der Waals surface area (Å²) in [7, 11) is 0. The van der Waals surface area contributed by atoms with Crippen molar-refractivity contribution < 1.29 is 9.53 Å². The van der Waals surface area contributed by atoms with Gasteiger partial charge in [0.2, 0.25) is 0 Å². The average Bonchev–Trinajstić information content (AvgIpc) is 3.45. The lowest BCUT2D eigenvalue weighted by atomic mass is 10.2. The van der Waals surface area contributed by atoms with Crippen molar-refractivity contribution in [1.82, 2.24) is 29.8 Å². The largest absolute Gasteiger partial charge is 0.486 e. The van der Waals surface area contributed by atoms with Crippen LogP contribution in [-0.2, 0) is 6.61 Å². The molecule has 1 N–H and O–H groups in total. The zero-order valence-electron chi connectivity index (χ0n) is 16.6. The molecule has 0 saturated heterocycles. The van der Waals surface area contributed by atoms with Crippen molar-refractivity contribution in [3.8, 4) is 11.4 Å². The van der Waals surface area contributed by atoms with Gasteiger partial charge in [0.15, 0.2) is 5.82 Å². The molecule has 0 aliphatic carbocycles. The lowest BCUT2D eigenvalue weighted by Crippen LogP contribution is -2.12. The fourth-order valence-electron chi connectivity index (χ4n) is 2.89. The van der Waals surface area contributed by atoms with Crippen LogP contribution in [0.15, 0.2) is 67.3 Å². The standard InChI is InChI=1S/C21H21N7O2/c1-15(2)28-20(24-25-26-28)13-30-19-9-3-16(4-10-19)21(29)23-17-5-7-18(8-6-17)27-12-11-22-14-27/h3-12,14-15H,13H2,1-2H3,(H,23,29). The zero-order valence-corrected chi connectivity index (χ0v) is 16.6. The molecule has 9 nitrogen and oxygen atoms in total.